The molecule has 6 heteroatoms. The Kier molecular flexibility index (Phi) is 4.91. The molecule has 0 fully saturated rings. The molecule has 0 saturated heterocycles. The molecular formula is C23H22N4O2. The highest BCUT2D eigenvalue weighted by Gasteiger charge is 2.19. The number of nitrogens with zero attached hydrogens (tertiary/aromatic N) is 2. The van der Waals surface area contributed by atoms with Crippen molar-refractivity contribution in [3.8, 4) is 17.0 Å². The Morgan fingerprint density at radius 1 is 0.931 bits per heavy atom. The van der Waals surface area contributed by atoms with Crippen LogP contribution in [0, 0.1) is 13.8 Å². The first kappa shape index (κ1) is 18.6. The molecule has 4 aromatic rings. The number of ether oxygens (including phenoxy) is 1. The molecule has 146 valence electrons. The fraction of sp³-hybridized carbons (Fsp3) is 0.130. The number of pyridine rings is 1. The van der Waals surface area contributed by atoms with Gasteiger partial charge < -0.3 is 10.1 Å². The number of benzene rings is 2. The van der Waals surface area contributed by atoms with Gasteiger partial charge in [-0.1, -0.05) is 35.9 Å². The van der Waals surface area contributed by atoms with Gasteiger partial charge in [0.25, 0.3) is 0 Å². The quantitative estimate of drug-likeness (QED) is 0.502. The Bertz CT molecular complexity index is 1180. The highest BCUT2D eigenvalue weighted by Crippen LogP contribution is 2.35. The van der Waals surface area contributed by atoms with E-state index < -0.39 is 0 Å². The third-order valence-electron chi connectivity index (χ3n) is 4.67. The monoisotopic (exact) mass is 386 g/mol. The van der Waals surface area contributed by atoms with E-state index >= 15 is 0 Å². The number of amides is 2. The van der Waals surface area contributed by atoms with Crippen LogP contribution in [0.2, 0.25) is 0 Å². The third kappa shape index (κ3) is 3.78. The van der Waals surface area contributed by atoms with E-state index in [1.165, 1.54) is 0 Å². The number of fused-ring (bicyclic) bond motifs is 1. The second-order valence-corrected chi connectivity index (χ2v) is 6.89. The van der Waals surface area contributed by atoms with E-state index in [-0.39, 0.29) is 6.03 Å². The summed E-state index contributed by atoms with van der Waals surface area (Å²) in [5.41, 5.74) is 5.10. The van der Waals surface area contributed by atoms with Gasteiger partial charge in [-0.3, -0.25) is 9.72 Å². The molecule has 0 unspecified atom stereocenters. The number of methoxy groups -OCH3 is 1. The minimum Gasteiger partial charge on any atom is -0.496 e. The Hall–Kier alpha value is -3.80. The van der Waals surface area contributed by atoms with E-state index in [1.807, 2.05) is 85.1 Å². The lowest BCUT2D eigenvalue weighted by Gasteiger charge is -2.11. The minimum absolute atomic E-state index is 0.340. The van der Waals surface area contributed by atoms with Crippen LogP contribution in [-0.4, -0.2) is 22.5 Å². The van der Waals surface area contributed by atoms with Crippen LogP contribution in [0.3, 0.4) is 0 Å². The SMILES string of the molecule is COc1ccccc1-c1nc2ccc(C)cn2c1NC(=O)Nc1ccc(C)cc1. The van der Waals surface area contributed by atoms with Crippen molar-refractivity contribution < 1.29 is 9.53 Å². The highest BCUT2D eigenvalue weighted by atomic mass is 16.5. The number of carbonyl (C=O) groups is 1. The average Bonchev–Trinajstić information content (AvgIpc) is 3.07. The van der Waals surface area contributed by atoms with E-state index in [0.29, 0.717) is 17.3 Å². The second-order valence-electron chi connectivity index (χ2n) is 6.89. The molecule has 0 aliphatic carbocycles. The van der Waals surface area contributed by atoms with E-state index in [4.69, 9.17) is 9.72 Å². The predicted octanol–water partition coefficient (Wildman–Crippen LogP) is 5.27. The Balaban J connectivity index is 1.76. The number of hydrogen-bond acceptors (Lipinski definition) is 3. The Morgan fingerprint density at radius 2 is 1.66 bits per heavy atom. The van der Waals surface area contributed by atoms with Crippen LogP contribution >= 0.6 is 0 Å². The number of imidazole rings is 1. The van der Waals surface area contributed by atoms with Gasteiger partial charge in [-0.15, -0.1) is 0 Å². The van der Waals surface area contributed by atoms with Crippen LogP contribution < -0.4 is 15.4 Å². The Morgan fingerprint density at radius 3 is 2.41 bits per heavy atom. The number of carbonyl (C=O) groups excluding carboxylic acids is 1. The number of rotatable bonds is 4. The summed E-state index contributed by atoms with van der Waals surface area (Å²) >= 11 is 0. The molecule has 2 aromatic carbocycles. The van der Waals surface area contributed by atoms with Crippen molar-refractivity contribution in [3.63, 3.8) is 0 Å². The van der Waals surface area contributed by atoms with E-state index in [0.717, 1.165) is 28.0 Å². The number of urea groups is 1. The number of aryl methyl sites for hydroxylation is 2. The largest absolute Gasteiger partial charge is 0.496 e. The van der Waals surface area contributed by atoms with E-state index in [1.54, 1.807) is 7.11 Å². The van der Waals surface area contributed by atoms with Crippen molar-refractivity contribution in [1.82, 2.24) is 9.38 Å². The first-order valence-corrected chi connectivity index (χ1v) is 9.32. The fourth-order valence-electron chi connectivity index (χ4n) is 3.21. The second kappa shape index (κ2) is 7.67. The first-order chi connectivity index (χ1) is 14.0. The lowest BCUT2D eigenvalue weighted by atomic mass is 10.1. The van der Waals surface area contributed by atoms with Crippen LogP contribution in [0.1, 0.15) is 11.1 Å². The van der Waals surface area contributed by atoms with Gasteiger partial charge in [0.15, 0.2) is 0 Å². The van der Waals surface area contributed by atoms with Crippen molar-refractivity contribution >= 4 is 23.2 Å². The van der Waals surface area contributed by atoms with Crippen molar-refractivity contribution in [2.24, 2.45) is 0 Å². The molecule has 0 saturated carbocycles. The fourth-order valence-corrected chi connectivity index (χ4v) is 3.21. The molecule has 2 N–H and O–H groups in total. The Labute approximate surface area is 169 Å². The molecule has 0 aliphatic heterocycles. The van der Waals surface area contributed by atoms with Gasteiger partial charge >= 0.3 is 6.03 Å². The van der Waals surface area contributed by atoms with Crippen molar-refractivity contribution in [1.29, 1.82) is 0 Å². The molecule has 0 atom stereocenters. The zero-order chi connectivity index (χ0) is 20.4. The van der Waals surface area contributed by atoms with Crippen LogP contribution in [0.4, 0.5) is 16.3 Å². The smallest absolute Gasteiger partial charge is 0.324 e. The number of hydrogen-bond donors (Lipinski definition) is 2. The molecule has 0 spiro atoms. The maximum absolute atomic E-state index is 12.7. The summed E-state index contributed by atoms with van der Waals surface area (Å²) in [6.07, 6.45) is 1.95. The zero-order valence-electron chi connectivity index (χ0n) is 16.6. The maximum atomic E-state index is 12.7. The number of para-hydroxylation sites is 1. The zero-order valence-corrected chi connectivity index (χ0v) is 16.6. The summed E-state index contributed by atoms with van der Waals surface area (Å²) in [6.45, 7) is 4.00. The first-order valence-electron chi connectivity index (χ1n) is 9.32. The molecular weight excluding hydrogens is 364 g/mol. The van der Waals surface area contributed by atoms with Gasteiger partial charge in [-0.2, -0.15) is 0 Å². The molecule has 2 heterocycles. The number of aromatic nitrogens is 2. The van der Waals surface area contributed by atoms with Gasteiger partial charge in [0.1, 0.15) is 22.9 Å². The molecule has 6 nitrogen and oxygen atoms in total. The van der Waals surface area contributed by atoms with Crippen LogP contribution in [0.5, 0.6) is 5.75 Å². The van der Waals surface area contributed by atoms with Gasteiger partial charge in [0.2, 0.25) is 0 Å². The molecule has 2 aromatic heterocycles. The van der Waals surface area contributed by atoms with Crippen LogP contribution in [-0.2, 0) is 0 Å². The molecule has 0 aliphatic rings. The van der Waals surface area contributed by atoms with Crippen LogP contribution in [0.25, 0.3) is 16.9 Å². The van der Waals surface area contributed by atoms with E-state index in [9.17, 15) is 4.79 Å². The van der Waals surface area contributed by atoms with Crippen LogP contribution in [0.15, 0.2) is 66.9 Å². The van der Waals surface area contributed by atoms with Gasteiger partial charge in [-0.25, -0.2) is 9.78 Å². The maximum Gasteiger partial charge on any atom is 0.324 e. The summed E-state index contributed by atoms with van der Waals surface area (Å²) in [5.74, 6) is 1.27. The van der Waals surface area contributed by atoms with Gasteiger partial charge in [0, 0.05) is 17.4 Å². The van der Waals surface area contributed by atoms with Gasteiger partial charge in [-0.05, 0) is 49.7 Å². The van der Waals surface area contributed by atoms with Gasteiger partial charge in [0.05, 0.1) is 7.11 Å². The molecule has 0 bridgehead atoms. The highest BCUT2D eigenvalue weighted by molar-refractivity contribution is 6.02. The lowest BCUT2D eigenvalue weighted by Crippen LogP contribution is -2.20. The third-order valence-corrected chi connectivity index (χ3v) is 4.67. The summed E-state index contributed by atoms with van der Waals surface area (Å²) in [5, 5.41) is 5.84. The minimum atomic E-state index is -0.340. The molecule has 4 rings (SSSR count). The summed E-state index contributed by atoms with van der Waals surface area (Å²) in [6, 6.07) is 18.8. The molecule has 2 amide bonds. The van der Waals surface area contributed by atoms with Crippen molar-refractivity contribution in [2.75, 3.05) is 17.7 Å². The van der Waals surface area contributed by atoms with Crippen molar-refractivity contribution in [2.45, 2.75) is 13.8 Å². The number of anilines is 2. The topological polar surface area (TPSA) is 67.7 Å². The molecule has 0 radical (unpaired) electrons. The summed E-state index contributed by atoms with van der Waals surface area (Å²) < 4.78 is 7.39. The summed E-state index contributed by atoms with van der Waals surface area (Å²) in [4.78, 5) is 17.5. The lowest BCUT2D eigenvalue weighted by molar-refractivity contribution is 0.262. The average molecular weight is 386 g/mol. The summed E-state index contributed by atoms with van der Waals surface area (Å²) in [7, 11) is 1.62. The normalized spacial score (nSPS) is 10.7. The molecule has 29 heavy (non-hydrogen) atoms. The predicted molar refractivity (Wildman–Crippen MR) is 116 cm³/mol. The van der Waals surface area contributed by atoms with Crippen molar-refractivity contribution in [3.05, 3.63) is 78.0 Å². The van der Waals surface area contributed by atoms with E-state index in [2.05, 4.69) is 10.6 Å². The standard InChI is InChI=1S/C23H22N4O2/c1-15-8-11-17(12-9-15)24-23(28)26-22-21(18-6-4-5-7-19(18)29-3)25-20-13-10-16(2)14-27(20)22/h4-14H,1-3H3,(H2,24,26,28). The number of nitrogens with one attached hydrogen (secondary N) is 2.